The van der Waals surface area contributed by atoms with E-state index in [2.05, 4.69) is 49.2 Å². The lowest BCUT2D eigenvalue weighted by molar-refractivity contribution is -0.374. The molecular formula is C20H25ClN2O2. The maximum absolute atomic E-state index is 12.1. The highest BCUT2D eigenvalue weighted by molar-refractivity contribution is 5.79. The van der Waals surface area contributed by atoms with Crippen LogP contribution in [0.4, 0.5) is 4.79 Å². The molecule has 3 rings (SSSR count). The lowest BCUT2D eigenvalue weighted by atomic mass is 9.98. The minimum absolute atomic E-state index is 0. The molecule has 1 aliphatic carbocycles. The number of rotatable bonds is 5. The van der Waals surface area contributed by atoms with Gasteiger partial charge in [0.2, 0.25) is 0 Å². The predicted molar refractivity (Wildman–Crippen MR) is 94.6 cm³/mol. The number of alkyl carbamates (subject to hydrolysis) is 1. The van der Waals surface area contributed by atoms with Crippen molar-refractivity contribution in [2.75, 3.05) is 13.2 Å². The Kier molecular flexibility index (Phi) is 6.45. The van der Waals surface area contributed by atoms with Gasteiger partial charge in [0.05, 0.1) is 12.6 Å². The van der Waals surface area contributed by atoms with Gasteiger partial charge in [0.1, 0.15) is 6.61 Å². The lowest BCUT2D eigenvalue weighted by Gasteiger charge is -2.20. The van der Waals surface area contributed by atoms with Gasteiger partial charge in [-0.2, -0.15) is 0 Å². The first-order valence-corrected chi connectivity index (χ1v) is 8.52. The van der Waals surface area contributed by atoms with Crippen LogP contribution in [0, 0.1) is 5.92 Å². The van der Waals surface area contributed by atoms with Gasteiger partial charge in [0.15, 0.2) is 0 Å². The minimum atomic E-state index is -0.362. The zero-order valence-corrected chi connectivity index (χ0v) is 15.4. The van der Waals surface area contributed by atoms with Gasteiger partial charge in [0, 0.05) is 5.92 Å². The summed E-state index contributed by atoms with van der Waals surface area (Å²) in [5.41, 5.74) is 8.81. The fourth-order valence-corrected chi connectivity index (χ4v) is 3.36. The molecule has 0 bridgehead atoms. The predicted octanol–water partition coefficient (Wildman–Crippen LogP) is -0.204. The van der Waals surface area contributed by atoms with Crippen LogP contribution in [0.2, 0.25) is 0 Å². The van der Waals surface area contributed by atoms with Gasteiger partial charge < -0.3 is 28.2 Å². The van der Waals surface area contributed by atoms with E-state index in [-0.39, 0.29) is 30.5 Å². The monoisotopic (exact) mass is 360 g/mol. The van der Waals surface area contributed by atoms with E-state index in [0.717, 1.165) is 0 Å². The first kappa shape index (κ1) is 19.3. The third-order valence-corrected chi connectivity index (χ3v) is 4.76. The Morgan fingerprint density at radius 2 is 1.60 bits per heavy atom. The van der Waals surface area contributed by atoms with Crippen LogP contribution in [0.15, 0.2) is 48.5 Å². The van der Waals surface area contributed by atoms with Crippen molar-refractivity contribution in [1.82, 2.24) is 5.32 Å². The normalized spacial score (nSPS) is 13.6. The van der Waals surface area contributed by atoms with E-state index in [1.54, 1.807) is 0 Å². The Morgan fingerprint density at radius 3 is 2.08 bits per heavy atom. The third-order valence-electron chi connectivity index (χ3n) is 4.76. The SMILES string of the molecule is CC(C)[C@@H](C[NH3+])NC(=O)OCC1c2ccccc2-c2ccccc21.[Cl-]. The molecule has 0 radical (unpaired) electrons. The largest absolute Gasteiger partial charge is 1.00 e. The molecule has 2 aromatic carbocycles. The Morgan fingerprint density at radius 1 is 1.08 bits per heavy atom. The third kappa shape index (κ3) is 3.97. The molecule has 4 nitrogen and oxygen atoms in total. The van der Waals surface area contributed by atoms with Crippen LogP contribution in [-0.4, -0.2) is 25.3 Å². The number of quaternary nitrogens is 1. The van der Waals surface area contributed by atoms with Crippen LogP contribution in [0.3, 0.4) is 0 Å². The summed E-state index contributed by atoms with van der Waals surface area (Å²) < 4.78 is 5.54. The fraction of sp³-hybridized carbons (Fsp3) is 0.350. The summed E-state index contributed by atoms with van der Waals surface area (Å²) in [5.74, 6) is 0.434. The number of ether oxygens (including phenoxy) is 1. The molecule has 1 atom stereocenters. The van der Waals surface area contributed by atoms with E-state index in [9.17, 15) is 4.79 Å². The second kappa shape index (κ2) is 8.37. The molecule has 0 fully saturated rings. The van der Waals surface area contributed by atoms with Gasteiger partial charge in [-0.05, 0) is 28.2 Å². The Hall–Kier alpha value is -2.04. The average Bonchev–Trinajstić information content (AvgIpc) is 2.91. The van der Waals surface area contributed by atoms with Crippen LogP contribution < -0.4 is 23.5 Å². The van der Waals surface area contributed by atoms with Crippen LogP contribution in [0.25, 0.3) is 11.1 Å². The molecule has 5 heteroatoms. The zero-order valence-electron chi connectivity index (χ0n) is 14.7. The highest BCUT2D eigenvalue weighted by Gasteiger charge is 2.29. The summed E-state index contributed by atoms with van der Waals surface area (Å²) >= 11 is 0. The summed E-state index contributed by atoms with van der Waals surface area (Å²) in [4.78, 5) is 12.1. The van der Waals surface area contributed by atoms with Crippen molar-refractivity contribution >= 4 is 6.09 Å². The van der Waals surface area contributed by atoms with Gasteiger partial charge in [-0.25, -0.2) is 4.79 Å². The van der Waals surface area contributed by atoms with Crippen LogP contribution in [0.1, 0.15) is 30.9 Å². The Labute approximate surface area is 155 Å². The summed E-state index contributed by atoms with van der Waals surface area (Å²) in [5, 5.41) is 2.91. The first-order valence-electron chi connectivity index (χ1n) is 8.52. The van der Waals surface area contributed by atoms with Gasteiger partial charge in [-0.1, -0.05) is 62.4 Å². The number of nitrogens with one attached hydrogen (secondary N) is 1. The van der Waals surface area contributed by atoms with Crippen molar-refractivity contribution in [3.63, 3.8) is 0 Å². The summed E-state index contributed by atoms with van der Waals surface area (Å²) in [7, 11) is 0. The number of carbonyl (C=O) groups is 1. The van der Waals surface area contributed by atoms with Crippen molar-refractivity contribution in [2.24, 2.45) is 5.92 Å². The number of carbonyl (C=O) groups excluding carboxylic acids is 1. The molecule has 0 saturated heterocycles. The minimum Gasteiger partial charge on any atom is -1.00 e. The number of fused-ring (bicyclic) bond motifs is 3. The molecular weight excluding hydrogens is 336 g/mol. The summed E-state index contributed by atoms with van der Waals surface area (Å²) in [6.45, 7) is 5.14. The molecule has 1 aliphatic rings. The average molecular weight is 361 g/mol. The lowest BCUT2D eigenvalue weighted by Crippen LogP contribution is -3.00. The highest BCUT2D eigenvalue weighted by Crippen LogP contribution is 2.44. The highest BCUT2D eigenvalue weighted by atomic mass is 35.5. The van der Waals surface area contributed by atoms with Gasteiger partial charge >= 0.3 is 6.09 Å². The number of hydrogen-bond donors (Lipinski definition) is 2. The molecule has 0 aliphatic heterocycles. The standard InChI is InChI=1S/C20H24N2O2.ClH/c1-13(2)19(11-21)22-20(23)24-12-18-16-9-5-3-7-14(16)15-8-4-6-10-17(15)18;/h3-10,13,18-19H,11-12,21H2,1-2H3,(H,22,23);1H/t19-;/m1./s1. The summed E-state index contributed by atoms with van der Waals surface area (Å²) in [6.07, 6.45) is -0.362. The number of benzene rings is 2. The van der Waals surface area contributed by atoms with E-state index in [1.165, 1.54) is 22.3 Å². The molecule has 0 saturated carbocycles. The van der Waals surface area contributed by atoms with Crippen LogP contribution in [-0.2, 0) is 4.74 Å². The first-order chi connectivity index (χ1) is 11.6. The van der Waals surface area contributed by atoms with Crippen molar-refractivity contribution in [2.45, 2.75) is 25.8 Å². The number of hydrogen-bond acceptors (Lipinski definition) is 2. The van der Waals surface area contributed by atoms with E-state index in [4.69, 9.17) is 4.74 Å². The fourth-order valence-electron chi connectivity index (χ4n) is 3.36. The van der Waals surface area contributed by atoms with E-state index < -0.39 is 0 Å². The molecule has 2 aromatic rings. The maximum atomic E-state index is 12.1. The molecule has 4 N–H and O–H groups in total. The van der Waals surface area contributed by atoms with Crippen LogP contribution >= 0.6 is 0 Å². The molecule has 25 heavy (non-hydrogen) atoms. The van der Waals surface area contributed by atoms with Crippen LogP contribution in [0.5, 0.6) is 0 Å². The second-order valence-electron chi connectivity index (χ2n) is 6.61. The van der Waals surface area contributed by atoms with E-state index in [0.29, 0.717) is 19.1 Å². The molecule has 134 valence electrons. The van der Waals surface area contributed by atoms with Gasteiger partial charge in [-0.3, -0.25) is 0 Å². The van der Waals surface area contributed by atoms with E-state index >= 15 is 0 Å². The van der Waals surface area contributed by atoms with Gasteiger partial charge in [-0.15, -0.1) is 0 Å². The number of halogens is 1. The van der Waals surface area contributed by atoms with Crippen molar-refractivity contribution < 1.29 is 27.7 Å². The van der Waals surface area contributed by atoms with Crippen molar-refractivity contribution in [1.29, 1.82) is 0 Å². The van der Waals surface area contributed by atoms with E-state index in [1.807, 2.05) is 24.3 Å². The second-order valence-corrected chi connectivity index (χ2v) is 6.61. The molecule has 0 heterocycles. The maximum Gasteiger partial charge on any atom is 0.407 e. The smallest absolute Gasteiger partial charge is 0.407 e. The molecule has 0 aromatic heterocycles. The molecule has 0 spiro atoms. The molecule has 0 unspecified atom stereocenters. The number of amides is 1. The zero-order chi connectivity index (χ0) is 17.1. The summed E-state index contributed by atoms with van der Waals surface area (Å²) in [6, 6.07) is 16.7. The molecule has 1 amide bonds. The quantitative estimate of drug-likeness (QED) is 0.775. The van der Waals surface area contributed by atoms with Crippen molar-refractivity contribution in [3.05, 3.63) is 59.7 Å². The Bertz CT molecular complexity index is 688. The Balaban J connectivity index is 0.00000225. The van der Waals surface area contributed by atoms with Crippen molar-refractivity contribution in [3.8, 4) is 11.1 Å². The van der Waals surface area contributed by atoms with Gasteiger partial charge in [0.25, 0.3) is 0 Å². The topological polar surface area (TPSA) is 66.0 Å².